The Bertz CT molecular complexity index is 964. The standard InChI is InChI=1S/C27H44N4O8/c1-26(2,3)38-24(32)28(20-10-14-22(15-11-20)30(34)35)18-8-7-9-19-29(25(33)39-27(4,5)6)21-12-16-23(17-13-21)31(36)37/h10,14-16,20-21,24,32H,7-9,11-13,17-19H2,1-6H3. The smallest absolute Gasteiger partial charge is 0.410 e. The Morgan fingerprint density at radius 3 is 2.18 bits per heavy atom. The average Bonchev–Trinajstić information content (AvgIpc) is 2.81. The summed E-state index contributed by atoms with van der Waals surface area (Å²) in [6, 6.07) is -0.425. The molecule has 0 heterocycles. The van der Waals surface area contributed by atoms with Crippen LogP contribution in [0.1, 0.15) is 86.5 Å². The zero-order chi connectivity index (χ0) is 29.4. The Morgan fingerprint density at radius 2 is 1.69 bits per heavy atom. The molecule has 3 atom stereocenters. The molecule has 0 aromatic rings. The van der Waals surface area contributed by atoms with Crippen LogP contribution in [-0.4, -0.2) is 73.6 Å². The Kier molecular flexibility index (Phi) is 11.6. The van der Waals surface area contributed by atoms with Gasteiger partial charge in [-0.2, -0.15) is 0 Å². The molecule has 12 nitrogen and oxygen atoms in total. The third-order valence-electron chi connectivity index (χ3n) is 6.41. The molecular weight excluding hydrogens is 508 g/mol. The molecule has 2 rings (SSSR count). The number of rotatable bonds is 12. The number of aliphatic hydroxyl groups excluding tert-OH is 1. The lowest BCUT2D eigenvalue weighted by atomic mass is 9.98. The van der Waals surface area contributed by atoms with Gasteiger partial charge < -0.3 is 19.5 Å². The van der Waals surface area contributed by atoms with Gasteiger partial charge in [-0.25, -0.2) is 9.69 Å². The molecule has 0 aromatic carbocycles. The molecule has 0 fully saturated rings. The molecule has 1 amide bonds. The minimum atomic E-state index is -1.19. The second-order valence-corrected chi connectivity index (χ2v) is 12.0. The van der Waals surface area contributed by atoms with Crippen LogP contribution >= 0.6 is 0 Å². The van der Waals surface area contributed by atoms with Crippen LogP contribution in [-0.2, 0) is 9.47 Å². The molecule has 0 aliphatic heterocycles. The molecule has 1 N–H and O–H groups in total. The van der Waals surface area contributed by atoms with Gasteiger partial charge in [0, 0.05) is 37.7 Å². The topological polar surface area (TPSA) is 149 Å². The lowest BCUT2D eigenvalue weighted by Crippen LogP contribution is -2.47. The van der Waals surface area contributed by atoms with Gasteiger partial charge in [0.25, 0.3) is 5.70 Å². The number of hydrogen-bond acceptors (Lipinski definition) is 9. The van der Waals surface area contributed by atoms with Crippen molar-refractivity contribution in [3.05, 3.63) is 55.9 Å². The predicted octanol–water partition coefficient (Wildman–Crippen LogP) is 4.99. The first-order valence-electron chi connectivity index (χ1n) is 13.5. The number of amides is 1. The van der Waals surface area contributed by atoms with Crippen LogP contribution in [0.2, 0.25) is 0 Å². The van der Waals surface area contributed by atoms with Gasteiger partial charge in [0.15, 0.2) is 0 Å². The van der Waals surface area contributed by atoms with Crippen molar-refractivity contribution < 1.29 is 29.2 Å². The predicted molar refractivity (Wildman–Crippen MR) is 146 cm³/mol. The molecule has 220 valence electrons. The summed E-state index contributed by atoms with van der Waals surface area (Å²) in [6.45, 7) is 11.9. The summed E-state index contributed by atoms with van der Waals surface area (Å²) in [6.07, 6.45) is 8.40. The third-order valence-corrected chi connectivity index (χ3v) is 6.41. The van der Waals surface area contributed by atoms with Crippen LogP contribution < -0.4 is 0 Å². The van der Waals surface area contributed by atoms with E-state index in [0.717, 1.165) is 6.42 Å². The number of hydrogen-bond donors (Lipinski definition) is 1. The van der Waals surface area contributed by atoms with E-state index in [2.05, 4.69) is 0 Å². The average molecular weight is 553 g/mol. The normalized spacial score (nSPS) is 20.7. The molecule has 12 heteroatoms. The summed E-state index contributed by atoms with van der Waals surface area (Å²) in [5.41, 5.74) is -1.03. The Labute approximate surface area is 230 Å². The summed E-state index contributed by atoms with van der Waals surface area (Å²) < 4.78 is 11.4. The maximum absolute atomic E-state index is 13.0. The fourth-order valence-corrected chi connectivity index (χ4v) is 4.56. The highest BCUT2D eigenvalue weighted by Gasteiger charge is 2.32. The molecule has 39 heavy (non-hydrogen) atoms. The highest BCUT2D eigenvalue weighted by Crippen LogP contribution is 2.26. The fourth-order valence-electron chi connectivity index (χ4n) is 4.56. The number of unbranched alkanes of at least 4 members (excludes halogenated alkanes) is 2. The summed E-state index contributed by atoms with van der Waals surface area (Å²) in [5.74, 6) is 0. The van der Waals surface area contributed by atoms with Crippen LogP contribution in [0.3, 0.4) is 0 Å². The number of nitro groups is 2. The number of ether oxygens (including phenoxy) is 2. The van der Waals surface area contributed by atoms with E-state index >= 15 is 0 Å². The molecule has 2 aliphatic rings. The van der Waals surface area contributed by atoms with Gasteiger partial charge in [0.05, 0.1) is 15.4 Å². The lowest BCUT2D eigenvalue weighted by Gasteiger charge is -2.37. The van der Waals surface area contributed by atoms with Gasteiger partial charge in [-0.05, 0) is 85.8 Å². The van der Waals surface area contributed by atoms with Gasteiger partial charge >= 0.3 is 6.09 Å². The molecule has 2 aliphatic carbocycles. The molecule has 0 spiro atoms. The molecule has 0 aromatic heterocycles. The van der Waals surface area contributed by atoms with Crippen molar-refractivity contribution in [3.8, 4) is 0 Å². The highest BCUT2D eigenvalue weighted by atomic mass is 16.6. The Hall–Kier alpha value is -2.83. The SMILES string of the molecule is CC(C)(C)OC(=O)N(CCCCCN(C1C=CC([N+](=O)[O-])=CC1)C(O)OC(C)(C)C)C1CC=C([N+](=O)[O-])CC1. The first kappa shape index (κ1) is 32.4. The van der Waals surface area contributed by atoms with Gasteiger partial charge in [0.1, 0.15) is 5.60 Å². The summed E-state index contributed by atoms with van der Waals surface area (Å²) in [7, 11) is 0. The number of aliphatic hydroxyl groups is 1. The summed E-state index contributed by atoms with van der Waals surface area (Å²) >= 11 is 0. The van der Waals surface area contributed by atoms with Gasteiger partial charge in [-0.15, -0.1) is 0 Å². The number of carbonyl (C=O) groups is 1. The number of nitrogens with zero attached hydrogens (tertiary/aromatic N) is 4. The summed E-state index contributed by atoms with van der Waals surface area (Å²) in [4.78, 5) is 37.8. The van der Waals surface area contributed by atoms with E-state index in [1.807, 2.05) is 20.8 Å². The second-order valence-electron chi connectivity index (χ2n) is 12.0. The van der Waals surface area contributed by atoms with E-state index in [1.54, 1.807) is 48.8 Å². The van der Waals surface area contributed by atoms with Crippen molar-refractivity contribution in [2.45, 2.75) is 116 Å². The maximum Gasteiger partial charge on any atom is 0.410 e. The molecule has 0 bridgehead atoms. The van der Waals surface area contributed by atoms with E-state index in [-0.39, 0.29) is 28.4 Å². The van der Waals surface area contributed by atoms with Crippen molar-refractivity contribution >= 4 is 6.09 Å². The molecule has 3 unspecified atom stereocenters. The van der Waals surface area contributed by atoms with E-state index in [1.165, 1.54) is 6.08 Å². The van der Waals surface area contributed by atoms with Crippen molar-refractivity contribution in [1.82, 2.24) is 9.80 Å². The van der Waals surface area contributed by atoms with Gasteiger partial charge in [0.2, 0.25) is 12.1 Å². The first-order valence-corrected chi connectivity index (χ1v) is 13.5. The van der Waals surface area contributed by atoms with E-state index < -0.39 is 28.6 Å². The van der Waals surface area contributed by atoms with Gasteiger partial charge in [-0.3, -0.25) is 20.2 Å². The van der Waals surface area contributed by atoms with Gasteiger partial charge in [-0.1, -0.05) is 12.5 Å². The monoisotopic (exact) mass is 552 g/mol. The molecule has 0 radical (unpaired) electrons. The first-order chi connectivity index (χ1) is 18.1. The van der Waals surface area contributed by atoms with Crippen molar-refractivity contribution in [2.75, 3.05) is 13.1 Å². The van der Waals surface area contributed by atoms with Crippen LogP contribution in [0.25, 0.3) is 0 Å². The molecular formula is C27H44N4O8. The van der Waals surface area contributed by atoms with E-state index in [0.29, 0.717) is 51.6 Å². The third kappa shape index (κ3) is 11.1. The minimum absolute atomic E-state index is 0.0301. The van der Waals surface area contributed by atoms with Crippen molar-refractivity contribution in [1.29, 1.82) is 0 Å². The Morgan fingerprint density at radius 1 is 1.03 bits per heavy atom. The zero-order valence-electron chi connectivity index (χ0n) is 24.0. The van der Waals surface area contributed by atoms with Crippen LogP contribution in [0, 0.1) is 20.2 Å². The summed E-state index contributed by atoms with van der Waals surface area (Å²) in [5, 5.41) is 33.0. The van der Waals surface area contributed by atoms with Crippen molar-refractivity contribution in [2.24, 2.45) is 0 Å². The highest BCUT2D eigenvalue weighted by molar-refractivity contribution is 5.68. The number of carbonyl (C=O) groups excluding carboxylic acids is 1. The zero-order valence-corrected chi connectivity index (χ0v) is 24.0. The quantitative estimate of drug-likeness (QED) is 0.153. The molecule has 0 saturated heterocycles. The maximum atomic E-state index is 13.0. The molecule has 0 saturated carbocycles. The van der Waals surface area contributed by atoms with Crippen LogP contribution in [0.4, 0.5) is 4.79 Å². The fraction of sp³-hybridized carbons (Fsp3) is 0.741. The van der Waals surface area contributed by atoms with Crippen LogP contribution in [0.15, 0.2) is 35.7 Å². The Balaban J connectivity index is 2.00. The number of allylic oxidation sites excluding steroid dienone is 2. The van der Waals surface area contributed by atoms with Crippen molar-refractivity contribution in [3.63, 3.8) is 0 Å². The largest absolute Gasteiger partial charge is 0.444 e. The van der Waals surface area contributed by atoms with E-state index in [4.69, 9.17) is 9.47 Å². The lowest BCUT2D eigenvalue weighted by molar-refractivity contribution is -0.429. The minimum Gasteiger partial charge on any atom is -0.444 e. The van der Waals surface area contributed by atoms with Crippen LogP contribution in [0.5, 0.6) is 0 Å². The second kappa shape index (κ2) is 14.0. The van der Waals surface area contributed by atoms with E-state index in [9.17, 15) is 30.1 Å².